The minimum Gasteiger partial charge on any atom is -0.410 e. The summed E-state index contributed by atoms with van der Waals surface area (Å²) in [4.78, 5) is 20.8. The van der Waals surface area contributed by atoms with Crippen LogP contribution in [0.1, 0.15) is 6.92 Å². The Labute approximate surface area is 91.5 Å². The molecule has 0 bridgehead atoms. The van der Waals surface area contributed by atoms with Gasteiger partial charge in [-0.2, -0.15) is 0 Å². The molecule has 0 unspecified atom stereocenters. The molecule has 0 radical (unpaired) electrons. The molecule has 0 saturated carbocycles. The highest BCUT2D eigenvalue weighted by Crippen LogP contribution is 2.06. The van der Waals surface area contributed by atoms with Gasteiger partial charge in [-0.1, -0.05) is 5.16 Å². The molecule has 0 aliphatic heterocycles. The summed E-state index contributed by atoms with van der Waals surface area (Å²) >= 11 is 0. The van der Waals surface area contributed by atoms with E-state index in [2.05, 4.69) is 9.89 Å². The minimum absolute atomic E-state index is 0.146. The van der Waals surface area contributed by atoms with Crippen molar-refractivity contribution in [2.75, 3.05) is 13.7 Å². The van der Waals surface area contributed by atoms with Crippen LogP contribution in [0.5, 0.6) is 0 Å². The van der Waals surface area contributed by atoms with E-state index in [0.29, 0.717) is 0 Å². The third kappa shape index (κ3) is 4.05. The van der Waals surface area contributed by atoms with Crippen molar-refractivity contribution in [1.29, 1.82) is 0 Å². The Bertz CT molecular complexity index is 337. The third-order valence-electron chi connectivity index (χ3n) is 1.83. The molecule has 0 fully saturated rings. The smallest absolute Gasteiger partial charge is 0.270 e. The number of ether oxygens (including phenoxy) is 1. The summed E-state index contributed by atoms with van der Waals surface area (Å²) in [6.45, 7) is 1.27. The quantitative estimate of drug-likeness (QED) is 0.276. The first-order valence-corrected chi connectivity index (χ1v) is 4.26. The average Bonchev–Trinajstić information content (AvgIpc) is 2.21. The maximum absolute atomic E-state index is 10.7. The molecule has 0 rings (SSSR count). The standard InChI is InChI=1S/C8H13N3O5/c1-5(3-6(10-13)8(9)12)7(4-16-2)11(14)15/h3,7,13H,4H2,1-2H3,(H2,9,12)/b5-3-,10-6?/t7-/m1/s1. The van der Waals surface area contributed by atoms with Crippen molar-refractivity contribution in [3.63, 3.8) is 0 Å². The van der Waals surface area contributed by atoms with E-state index in [1.54, 1.807) is 0 Å². The van der Waals surface area contributed by atoms with Crippen molar-refractivity contribution in [3.05, 3.63) is 21.8 Å². The van der Waals surface area contributed by atoms with Crippen LogP contribution in [0.15, 0.2) is 16.8 Å². The highest BCUT2D eigenvalue weighted by Gasteiger charge is 2.23. The number of hydrogen-bond donors (Lipinski definition) is 2. The normalized spacial score (nSPS) is 14.6. The maximum Gasteiger partial charge on any atom is 0.270 e. The fourth-order valence-electron chi connectivity index (χ4n) is 0.978. The molecule has 16 heavy (non-hydrogen) atoms. The number of carbonyl (C=O) groups is 1. The number of oxime groups is 1. The molecule has 0 aromatic heterocycles. The first-order chi connectivity index (χ1) is 7.43. The predicted molar refractivity (Wildman–Crippen MR) is 54.8 cm³/mol. The molecule has 0 aliphatic rings. The molecule has 3 N–H and O–H groups in total. The summed E-state index contributed by atoms with van der Waals surface area (Å²) in [5.74, 6) is -0.971. The summed E-state index contributed by atoms with van der Waals surface area (Å²) in [5, 5.41) is 21.7. The lowest BCUT2D eigenvalue weighted by Crippen LogP contribution is -2.28. The molecule has 90 valence electrons. The highest BCUT2D eigenvalue weighted by atomic mass is 16.6. The van der Waals surface area contributed by atoms with Crippen LogP contribution in [-0.4, -0.2) is 41.5 Å². The van der Waals surface area contributed by atoms with Gasteiger partial charge in [0.25, 0.3) is 11.9 Å². The number of nitrogens with two attached hydrogens (primary N) is 1. The SMILES string of the molecule is COC[C@H](/C(C)=C\C(=NO)C(N)=O)[N+](=O)[O-]. The van der Waals surface area contributed by atoms with E-state index in [9.17, 15) is 14.9 Å². The number of nitrogens with zero attached hydrogens (tertiary/aromatic N) is 2. The molecule has 1 atom stereocenters. The number of primary amides is 1. The second-order valence-corrected chi connectivity index (χ2v) is 2.99. The van der Waals surface area contributed by atoms with E-state index < -0.39 is 22.6 Å². The fourth-order valence-corrected chi connectivity index (χ4v) is 0.978. The number of hydrogen-bond acceptors (Lipinski definition) is 6. The summed E-state index contributed by atoms with van der Waals surface area (Å²) in [6.07, 6.45) is 1.05. The molecule has 0 saturated heterocycles. The Morgan fingerprint density at radius 2 is 2.31 bits per heavy atom. The van der Waals surface area contributed by atoms with E-state index in [0.717, 1.165) is 6.08 Å². The van der Waals surface area contributed by atoms with Gasteiger partial charge in [0.1, 0.15) is 6.61 Å². The van der Waals surface area contributed by atoms with Gasteiger partial charge in [-0.3, -0.25) is 14.9 Å². The fraction of sp³-hybridized carbons (Fsp3) is 0.500. The third-order valence-corrected chi connectivity index (χ3v) is 1.83. The Morgan fingerprint density at radius 3 is 2.62 bits per heavy atom. The van der Waals surface area contributed by atoms with Gasteiger partial charge >= 0.3 is 0 Å². The number of methoxy groups -OCH3 is 1. The molecule has 0 heterocycles. The van der Waals surface area contributed by atoms with Gasteiger partial charge in [0.15, 0.2) is 5.71 Å². The molecule has 0 spiro atoms. The van der Waals surface area contributed by atoms with Crippen LogP contribution in [-0.2, 0) is 9.53 Å². The molecule has 1 amide bonds. The van der Waals surface area contributed by atoms with Crippen molar-refractivity contribution in [2.45, 2.75) is 13.0 Å². The van der Waals surface area contributed by atoms with E-state index in [-0.39, 0.29) is 12.2 Å². The molecule has 8 heteroatoms. The van der Waals surface area contributed by atoms with Crippen molar-refractivity contribution < 1.29 is 19.7 Å². The number of carbonyl (C=O) groups excluding carboxylic acids is 1. The zero-order chi connectivity index (χ0) is 12.7. The van der Waals surface area contributed by atoms with Crippen LogP contribution in [0.3, 0.4) is 0 Å². The molecule has 8 nitrogen and oxygen atoms in total. The van der Waals surface area contributed by atoms with Crippen LogP contribution in [0.2, 0.25) is 0 Å². The first-order valence-electron chi connectivity index (χ1n) is 4.26. The molecule has 0 aliphatic carbocycles. The first kappa shape index (κ1) is 14.0. The average molecular weight is 231 g/mol. The second kappa shape index (κ2) is 6.51. The van der Waals surface area contributed by atoms with Crippen LogP contribution < -0.4 is 5.73 Å². The molecule has 0 aromatic rings. The number of amides is 1. The van der Waals surface area contributed by atoms with Gasteiger partial charge in [-0.05, 0) is 13.0 Å². The summed E-state index contributed by atoms with van der Waals surface area (Å²) in [7, 11) is 1.32. The zero-order valence-electron chi connectivity index (χ0n) is 8.91. The topological polar surface area (TPSA) is 128 Å². The monoisotopic (exact) mass is 231 g/mol. The van der Waals surface area contributed by atoms with Crippen LogP contribution >= 0.6 is 0 Å². The highest BCUT2D eigenvalue weighted by molar-refractivity contribution is 6.42. The Kier molecular flexibility index (Phi) is 5.71. The minimum atomic E-state index is -1.11. The van der Waals surface area contributed by atoms with Gasteiger partial charge in [-0.15, -0.1) is 0 Å². The second-order valence-electron chi connectivity index (χ2n) is 2.99. The Hall–Kier alpha value is -1.96. The summed E-state index contributed by atoms with van der Waals surface area (Å²) in [5.41, 5.74) is 4.63. The summed E-state index contributed by atoms with van der Waals surface area (Å²) in [6, 6.07) is -1.11. The van der Waals surface area contributed by atoms with E-state index >= 15 is 0 Å². The zero-order valence-corrected chi connectivity index (χ0v) is 8.91. The van der Waals surface area contributed by atoms with Crippen LogP contribution in [0.4, 0.5) is 0 Å². The van der Waals surface area contributed by atoms with Gasteiger partial charge in [0.2, 0.25) is 0 Å². The Morgan fingerprint density at radius 1 is 1.75 bits per heavy atom. The largest absolute Gasteiger partial charge is 0.410 e. The van der Waals surface area contributed by atoms with Gasteiger partial charge in [0, 0.05) is 17.6 Å². The van der Waals surface area contributed by atoms with E-state index in [1.165, 1.54) is 14.0 Å². The lowest BCUT2D eigenvalue weighted by Gasteiger charge is -2.08. The Balaban J connectivity index is 4.98. The van der Waals surface area contributed by atoms with Crippen molar-refractivity contribution >= 4 is 11.6 Å². The number of rotatable bonds is 6. The molecule has 0 aromatic carbocycles. The summed E-state index contributed by atoms with van der Waals surface area (Å²) < 4.78 is 4.66. The van der Waals surface area contributed by atoms with Gasteiger partial charge in [-0.25, -0.2) is 0 Å². The van der Waals surface area contributed by atoms with Gasteiger partial charge in [0.05, 0.1) is 0 Å². The molecular weight excluding hydrogens is 218 g/mol. The van der Waals surface area contributed by atoms with E-state index in [1.807, 2.05) is 0 Å². The van der Waals surface area contributed by atoms with E-state index in [4.69, 9.17) is 10.9 Å². The van der Waals surface area contributed by atoms with Crippen LogP contribution in [0, 0.1) is 10.1 Å². The lowest BCUT2D eigenvalue weighted by molar-refractivity contribution is -0.515. The molecular formula is C8H13N3O5. The predicted octanol–water partition coefficient (Wildman–Crippen LogP) is -0.460. The van der Waals surface area contributed by atoms with Crippen LogP contribution in [0.25, 0.3) is 0 Å². The van der Waals surface area contributed by atoms with Crippen molar-refractivity contribution in [2.24, 2.45) is 10.9 Å². The van der Waals surface area contributed by atoms with Gasteiger partial charge < -0.3 is 15.7 Å². The number of nitro groups is 1. The maximum atomic E-state index is 10.7. The van der Waals surface area contributed by atoms with Crippen molar-refractivity contribution in [1.82, 2.24) is 0 Å². The lowest BCUT2D eigenvalue weighted by atomic mass is 10.1. The van der Waals surface area contributed by atoms with Crippen molar-refractivity contribution in [3.8, 4) is 0 Å².